The zero-order valence-electron chi connectivity index (χ0n) is 13.0. The van der Waals surface area contributed by atoms with Gasteiger partial charge >= 0.3 is 0 Å². The van der Waals surface area contributed by atoms with Crippen LogP contribution in [0.4, 0.5) is 0 Å². The standard InChI is InChI=1S/C20H13N3O/c1-11-3-2-4-17(22-11)18-8-15-13-5-12(10-24)6-14(7-13)16-9-21-20(23-18)19(15)16/h2-10H,1H3,(H,21,23). The van der Waals surface area contributed by atoms with Crippen molar-refractivity contribution in [1.82, 2.24) is 15.0 Å². The number of carbonyl (C=O) groups is 1. The minimum atomic E-state index is 0.689. The molecule has 114 valence electrons. The Morgan fingerprint density at radius 2 is 1.79 bits per heavy atom. The fourth-order valence-electron chi connectivity index (χ4n) is 3.44. The van der Waals surface area contributed by atoms with Crippen LogP contribution in [0.2, 0.25) is 0 Å². The van der Waals surface area contributed by atoms with Crippen molar-refractivity contribution in [2.45, 2.75) is 6.92 Å². The lowest BCUT2D eigenvalue weighted by Gasteiger charge is -2.08. The molecule has 5 aromatic rings. The molecule has 5 rings (SSSR count). The van der Waals surface area contributed by atoms with Gasteiger partial charge < -0.3 is 4.98 Å². The number of aryl methyl sites for hydroxylation is 1. The number of rotatable bonds is 2. The highest BCUT2D eigenvalue weighted by molar-refractivity contribution is 6.22. The van der Waals surface area contributed by atoms with E-state index in [1.165, 1.54) is 0 Å². The summed E-state index contributed by atoms with van der Waals surface area (Å²) < 4.78 is 0. The number of H-pyrrole nitrogens is 1. The molecule has 0 saturated heterocycles. The number of nitrogens with zero attached hydrogens (tertiary/aromatic N) is 2. The van der Waals surface area contributed by atoms with Crippen molar-refractivity contribution in [2.75, 3.05) is 0 Å². The molecule has 0 saturated carbocycles. The molecular weight excluding hydrogens is 298 g/mol. The summed E-state index contributed by atoms with van der Waals surface area (Å²) in [6.45, 7) is 1.97. The second-order valence-electron chi connectivity index (χ2n) is 6.11. The van der Waals surface area contributed by atoms with Crippen molar-refractivity contribution in [3.05, 3.63) is 59.9 Å². The number of hydrogen-bond acceptors (Lipinski definition) is 3. The Hall–Kier alpha value is -3.27. The van der Waals surface area contributed by atoms with E-state index in [1.54, 1.807) is 0 Å². The van der Waals surface area contributed by atoms with Crippen molar-refractivity contribution in [2.24, 2.45) is 0 Å². The first-order valence-corrected chi connectivity index (χ1v) is 7.80. The fraction of sp³-hybridized carbons (Fsp3) is 0.0500. The predicted molar refractivity (Wildman–Crippen MR) is 95.6 cm³/mol. The first kappa shape index (κ1) is 13.2. The van der Waals surface area contributed by atoms with Gasteiger partial charge in [-0.2, -0.15) is 0 Å². The van der Waals surface area contributed by atoms with E-state index in [2.05, 4.69) is 22.1 Å². The summed E-state index contributed by atoms with van der Waals surface area (Å²) in [5.41, 5.74) is 4.17. The molecule has 0 spiro atoms. The van der Waals surface area contributed by atoms with Gasteiger partial charge in [0.1, 0.15) is 11.9 Å². The highest BCUT2D eigenvalue weighted by Crippen LogP contribution is 2.36. The van der Waals surface area contributed by atoms with E-state index in [4.69, 9.17) is 4.98 Å². The average molecular weight is 311 g/mol. The molecule has 0 amide bonds. The molecule has 3 heterocycles. The monoisotopic (exact) mass is 311 g/mol. The van der Waals surface area contributed by atoms with Crippen LogP contribution in [0, 0.1) is 6.92 Å². The smallest absolute Gasteiger partial charge is 0.150 e. The number of carbonyl (C=O) groups excluding carboxylic acids is 1. The number of fused-ring (bicyclic) bond motifs is 4. The van der Waals surface area contributed by atoms with Crippen LogP contribution >= 0.6 is 0 Å². The summed E-state index contributed by atoms with van der Waals surface area (Å²) >= 11 is 0. The molecule has 2 bridgehead atoms. The Balaban J connectivity index is 1.93. The van der Waals surface area contributed by atoms with Crippen molar-refractivity contribution < 1.29 is 4.79 Å². The first-order chi connectivity index (χ1) is 11.7. The summed E-state index contributed by atoms with van der Waals surface area (Å²) in [5, 5.41) is 5.38. The molecule has 4 heteroatoms. The summed E-state index contributed by atoms with van der Waals surface area (Å²) in [4.78, 5) is 23.8. The molecule has 0 aliphatic carbocycles. The van der Waals surface area contributed by atoms with Crippen LogP contribution in [0.3, 0.4) is 0 Å². The van der Waals surface area contributed by atoms with E-state index in [1.807, 2.05) is 43.5 Å². The van der Waals surface area contributed by atoms with Crippen LogP contribution in [0.5, 0.6) is 0 Å². The Morgan fingerprint density at radius 1 is 0.958 bits per heavy atom. The van der Waals surface area contributed by atoms with E-state index in [-0.39, 0.29) is 0 Å². The number of aromatic nitrogens is 3. The van der Waals surface area contributed by atoms with Crippen LogP contribution in [0.1, 0.15) is 16.1 Å². The van der Waals surface area contributed by atoms with Gasteiger partial charge in [-0.3, -0.25) is 9.78 Å². The van der Waals surface area contributed by atoms with Crippen molar-refractivity contribution in [1.29, 1.82) is 0 Å². The zero-order chi connectivity index (χ0) is 16.3. The SMILES string of the molecule is Cc1cccc(-c2cc3c4cc(C=O)cc(c4)c4c[nH]c(n2)c43)n1. The third-order valence-electron chi connectivity index (χ3n) is 4.51. The Morgan fingerprint density at radius 3 is 2.58 bits per heavy atom. The number of benzene rings is 2. The molecule has 0 unspecified atom stereocenters. The van der Waals surface area contributed by atoms with Crippen LogP contribution in [-0.2, 0) is 0 Å². The first-order valence-electron chi connectivity index (χ1n) is 7.80. The lowest BCUT2D eigenvalue weighted by Crippen LogP contribution is -1.92. The normalized spacial score (nSPS) is 11.7. The third kappa shape index (κ3) is 1.77. The second kappa shape index (κ2) is 4.61. The predicted octanol–water partition coefficient (Wildman–Crippen LogP) is 4.49. The molecule has 2 aromatic carbocycles. The van der Waals surface area contributed by atoms with Gasteiger partial charge in [-0.05, 0) is 59.5 Å². The molecule has 0 radical (unpaired) electrons. The van der Waals surface area contributed by atoms with Crippen LogP contribution in [0.15, 0.2) is 48.7 Å². The summed E-state index contributed by atoms with van der Waals surface area (Å²) in [7, 11) is 0. The summed E-state index contributed by atoms with van der Waals surface area (Å²) in [5.74, 6) is 0. The zero-order valence-corrected chi connectivity index (χ0v) is 13.0. The lowest BCUT2D eigenvalue weighted by atomic mass is 9.97. The Labute approximate surface area is 137 Å². The maximum absolute atomic E-state index is 11.2. The molecule has 0 fully saturated rings. The summed E-state index contributed by atoms with van der Waals surface area (Å²) in [6, 6.07) is 13.9. The number of hydrogen-bond donors (Lipinski definition) is 1. The maximum atomic E-state index is 11.2. The van der Waals surface area contributed by atoms with E-state index in [0.29, 0.717) is 5.56 Å². The van der Waals surface area contributed by atoms with Gasteiger partial charge in [-0.15, -0.1) is 0 Å². The molecule has 0 aliphatic heterocycles. The fourth-order valence-corrected chi connectivity index (χ4v) is 3.44. The number of aromatic amines is 1. The van der Waals surface area contributed by atoms with Gasteiger partial charge in [0.25, 0.3) is 0 Å². The largest absolute Gasteiger partial charge is 0.345 e. The highest BCUT2D eigenvalue weighted by atomic mass is 16.1. The number of pyridine rings is 2. The van der Waals surface area contributed by atoms with E-state index < -0.39 is 0 Å². The number of nitrogens with one attached hydrogen (secondary N) is 1. The van der Waals surface area contributed by atoms with Gasteiger partial charge in [-0.25, -0.2) is 4.98 Å². The maximum Gasteiger partial charge on any atom is 0.150 e. The molecule has 3 aromatic heterocycles. The lowest BCUT2D eigenvalue weighted by molar-refractivity contribution is 0.112. The van der Waals surface area contributed by atoms with Crippen molar-refractivity contribution in [3.63, 3.8) is 0 Å². The van der Waals surface area contributed by atoms with E-state index in [9.17, 15) is 4.79 Å². The second-order valence-corrected chi connectivity index (χ2v) is 6.11. The van der Waals surface area contributed by atoms with Gasteiger partial charge in [0.05, 0.1) is 11.4 Å². The van der Waals surface area contributed by atoms with E-state index >= 15 is 0 Å². The molecular formula is C20H13N3O. The quantitative estimate of drug-likeness (QED) is 0.489. The highest BCUT2D eigenvalue weighted by Gasteiger charge is 2.14. The molecule has 0 aliphatic rings. The van der Waals surface area contributed by atoms with Crippen molar-refractivity contribution >= 4 is 38.9 Å². The summed E-state index contributed by atoms with van der Waals surface area (Å²) in [6.07, 6.45) is 2.85. The third-order valence-corrected chi connectivity index (χ3v) is 4.51. The van der Waals surface area contributed by atoms with Gasteiger partial charge in [-0.1, -0.05) is 6.07 Å². The van der Waals surface area contributed by atoms with Crippen molar-refractivity contribution in [3.8, 4) is 11.4 Å². The Kier molecular flexibility index (Phi) is 2.54. The topological polar surface area (TPSA) is 58.6 Å². The van der Waals surface area contributed by atoms with Gasteiger partial charge in [0.2, 0.25) is 0 Å². The van der Waals surface area contributed by atoms with Crippen LogP contribution in [0.25, 0.3) is 44.0 Å². The van der Waals surface area contributed by atoms with Crippen LogP contribution < -0.4 is 0 Å². The van der Waals surface area contributed by atoms with Gasteiger partial charge in [0, 0.05) is 28.2 Å². The molecule has 1 N–H and O–H groups in total. The van der Waals surface area contributed by atoms with Gasteiger partial charge in [0.15, 0.2) is 0 Å². The average Bonchev–Trinajstić information content (AvgIpc) is 3.04. The Bertz CT molecular complexity index is 1240. The minimum Gasteiger partial charge on any atom is -0.345 e. The van der Waals surface area contributed by atoms with Crippen LogP contribution in [-0.4, -0.2) is 21.2 Å². The minimum absolute atomic E-state index is 0.689. The molecule has 4 nitrogen and oxygen atoms in total. The molecule has 24 heavy (non-hydrogen) atoms. The number of aldehydes is 1. The molecule has 0 atom stereocenters. The van der Waals surface area contributed by atoms with E-state index in [0.717, 1.165) is 55.9 Å².